The fourth-order valence-electron chi connectivity index (χ4n) is 5.54. The van der Waals surface area contributed by atoms with Crippen molar-refractivity contribution in [3.63, 3.8) is 0 Å². The van der Waals surface area contributed by atoms with Gasteiger partial charge in [0.05, 0.1) is 22.6 Å². The number of rotatable bonds is 6. The lowest BCUT2D eigenvalue weighted by molar-refractivity contribution is -0.163. The normalized spacial score (nSPS) is 18.5. The summed E-state index contributed by atoms with van der Waals surface area (Å²) >= 11 is 4.55. The van der Waals surface area contributed by atoms with Crippen molar-refractivity contribution in [1.82, 2.24) is 10.2 Å². The summed E-state index contributed by atoms with van der Waals surface area (Å²) in [5, 5.41) is 5.99. The predicted octanol–water partition coefficient (Wildman–Crippen LogP) is 9.12. The van der Waals surface area contributed by atoms with Crippen molar-refractivity contribution in [3.8, 4) is 0 Å². The number of nitrogens with one attached hydrogen (secondary N) is 2. The van der Waals surface area contributed by atoms with Crippen LogP contribution in [0.1, 0.15) is 80.7 Å². The Bertz CT molecular complexity index is 1600. The van der Waals surface area contributed by atoms with E-state index in [2.05, 4.69) is 26.6 Å². The highest BCUT2D eigenvalue weighted by Crippen LogP contribution is 2.54. The van der Waals surface area contributed by atoms with Gasteiger partial charge in [0.25, 0.3) is 0 Å². The number of ether oxygens (including phenoxy) is 3. The molecule has 2 unspecified atom stereocenters. The van der Waals surface area contributed by atoms with Crippen LogP contribution in [-0.4, -0.2) is 71.6 Å². The summed E-state index contributed by atoms with van der Waals surface area (Å²) in [7, 11) is 0. The number of fused-ring (bicyclic) bond motifs is 2. The van der Waals surface area contributed by atoms with Gasteiger partial charge in [-0.25, -0.2) is 14.5 Å². The third-order valence-electron chi connectivity index (χ3n) is 7.40. The summed E-state index contributed by atoms with van der Waals surface area (Å²) in [6, 6.07) is 5.99. The van der Waals surface area contributed by atoms with E-state index >= 15 is 0 Å². The van der Waals surface area contributed by atoms with Gasteiger partial charge in [-0.15, -0.1) is 0 Å². The molecule has 2 amide bonds. The Balaban J connectivity index is 1.69. The van der Waals surface area contributed by atoms with E-state index in [0.717, 1.165) is 23.9 Å². The molecule has 2 heterocycles. The predicted molar refractivity (Wildman–Crippen MR) is 190 cm³/mol. The zero-order valence-corrected chi connectivity index (χ0v) is 32.2. The van der Waals surface area contributed by atoms with Gasteiger partial charge in [-0.1, -0.05) is 27.7 Å². The van der Waals surface area contributed by atoms with E-state index in [9.17, 15) is 27.6 Å². The smallest absolute Gasteiger partial charge is 0.419 e. The van der Waals surface area contributed by atoms with Gasteiger partial charge in [0.1, 0.15) is 22.8 Å². The minimum absolute atomic E-state index is 0.0785. The van der Waals surface area contributed by atoms with Crippen LogP contribution >= 0.6 is 27.7 Å². The molecule has 0 spiro atoms. The summed E-state index contributed by atoms with van der Waals surface area (Å²) in [6.07, 6.45) is -5.37. The first kappa shape index (κ1) is 39.6. The number of anilines is 3. The molecule has 1 saturated heterocycles. The second-order valence-corrected chi connectivity index (χ2v) is 17.3. The number of carbonyl (C=O) groups is 3. The summed E-state index contributed by atoms with van der Waals surface area (Å²) in [5.74, 6) is -0.488. The number of carbonyl (C=O) groups excluding carboxylic acids is 3. The van der Waals surface area contributed by atoms with Gasteiger partial charge in [0, 0.05) is 39.9 Å². The minimum Gasteiger partial charge on any atom is -0.459 e. The zero-order valence-electron chi connectivity index (χ0n) is 29.8. The molecule has 1 fully saturated rings. The van der Waals surface area contributed by atoms with Crippen LogP contribution in [0, 0.1) is 0 Å². The molecule has 0 saturated carbocycles. The fraction of sp³-hybridized carbons (Fsp3) is 0.571. The zero-order chi connectivity index (χ0) is 37.4. The van der Waals surface area contributed by atoms with E-state index in [-0.39, 0.29) is 29.2 Å². The van der Waals surface area contributed by atoms with E-state index in [1.165, 1.54) is 4.90 Å². The molecule has 10 nitrogen and oxygen atoms in total. The maximum Gasteiger partial charge on any atom is 0.419 e. The number of hydrogen-bond donors (Lipinski definition) is 2. The topological polar surface area (TPSA) is 109 Å². The van der Waals surface area contributed by atoms with E-state index in [1.54, 1.807) is 80.5 Å². The van der Waals surface area contributed by atoms with Crippen molar-refractivity contribution >= 4 is 62.9 Å². The SMILES string of the molecule is CC(C)(C)OC(=O)NCCN1CCC(Nc2cc(C(F)(F)F)cc3c2N(C(=O)OC(C)(C)C)c2ccc(Br)cc2S3)CC1C(=O)OC(C)(C)C. The average molecular weight is 788 g/mol. The van der Waals surface area contributed by atoms with E-state index < -0.39 is 58.8 Å². The van der Waals surface area contributed by atoms with Crippen LogP contribution < -0.4 is 15.5 Å². The summed E-state index contributed by atoms with van der Waals surface area (Å²) in [4.78, 5) is 43.6. The van der Waals surface area contributed by atoms with Crippen LogP contribution in [0.3, 0.4) is 0 Å². The molecule has 15 heteroatoms. The lowest BCUT2D eigenvalue weighted by Gasteiger charge is -2.40. The molecule has 2 N–H and O–H groups in total. The number of amides is 2. The Morgan fingerprint density at radius 1 is 0.900 bits per heavy atom. The van der Waals surface area contributed by atoms with Gasteiger partial charge in [-0.3, -0.25) is 9.69 Å². The molecule has 2 aliphatic rings. The largest absolute Gasteiger partial charge is 0.459 e. The van der Waals surface area contributed by atoms with Crippen LogP contribution in [0.25, 0.3) is 0 Å². The van der Waals surface area contributed by atoms with Crippen molar-refractivity contribution < 1.29 is 41.8 Å². The van der Waals surface area contributed by atoms with Gasteiger partial charge in [-0.2, -0.15) is 13.2 Å². The van der Waals surface area contributed by atoms with E-state index in [0.29, 0.717) is 34.6 Å². The lowest BCUT2D eigenvalue weighted by atomic mass is 9.96. The molecule has 0 aliphatic carbocycles. The van der Waals surface area contributed by atoms with Gasteiger partial charge in [0.2, 0.25) is 0 Å². The molecule has 4 rings (SSSR count). The van der Waals surface area contributed by atoms with Crippen LogP contribution in [0.15, 0.2) is 44.6 Å². The fourth-order valence-corrected chi connectivity index (χ4v) is 7.23. The highest BCUT2D eigenvalue weighted by molar-refractivity contribution is 9.10. The van der Waals surface area contributed by atoms with Crippen molar-refractivity contribution in [2.45, 2.75) is 120 Å². The molecule has 0 aromatic heterocycles. The standard InChI is InChI=1S/C35H46BrF3N4O6S/c1-32(2,3)47-29(44)25-19-22(12-14-42(25)15-13-40-30(45)48-33(4,5)6)41-23-16-20(35(37,38)39)17-27-28(23)43(31(46)49-34(7,8)9)24-11-10-21(36)18-26(24)50-27/h10-11,16-18,22,25,41H,12-15,19H2,1-9H3,(H,40,45). The second kappa shape index (κ2) is 14.8. The van der Waals surface area contributed by atoms with Crippen molar-refractivity contribution in [2.75, 3.05) is 29.9 Å². The molecule has 50 heavy (non-hydrogen) atoms. The molecule has 2 aliphatic heterocycles. The van der Waals surface area contributed by atoms with Gasteiger partial charge in [-0.05, 0) is 105 Å². The van der Waals surface area contributed by atoms with Gasteiger partial charge >= 0.3 is 24.3 Å². The van der Waals surface area contributed by atoms with Crippen molar-refractivity contribution in [1.29, 1.82) is 0 Å². The van der Waals surface area contributed by atoms with E-state index in [4.69, 9.17) is 14.2 Å². The Morgan fingerprint density at radius 3 is 2.14 bits per heavy atom. The maximum absolute atomic E-state index is 14.3. The molecular formula is C35H46BrF3N4O6S. The number of halogens is 4. The Hall–Kier alpha value is -3.17. The Kier molecular flexibility index (Phi) is 11.7. The van der Waals surface area contributed by atoms with Gasteiger partial charge < -0.3 is 24.8 Å². The Labute approximate surface area is 304 Å². The number of esters is 1. The number of nitrogens with zero attached hydrogens (tertiary/aromatic N) is 2. The number of piperidine rings is 1. The van der Waals surface area contributed by atoms with Crippen LogP contribution in [0.5, 0.6) is 0 Å². The first-order valence-electron chi connectivity index (χ1n) is 16.4. The molecule has 0 bridgehead atoms. The molecule has 2 aromatic carbocycles. The highest BCUT2D eigenvalue weighted by atomic mass is 79.9. The number of benzene rings is 2. The third-order valence-corrected chi connectivity index (χ3v) is 8.97. The second-order valence-electron chi connectivity index (χ2n) is 15.3. The summed E-state index contributed by atoms with van der Waals surface area (Å²) in [6.45, 7) is 16.6. The molecular weight excluding hydrogens is 741 g/mol. The molecule has 2 atom stereocenters. The first-order valence-corrected chi connectivity index (χ1v) is 18.0. The summed E-state index contributed by atoms with van der Waals surface area (Å²) < 4.78 is 60.6. The number of likely N-dealkylation sites (tertiary alicyclic amines) is 1. The number of hydrogen-bond acceptors (Lipinski definition) is 9. The monoisotopic (exact) mass is 786 g/mol. The molecule has 2 aromatic rings. The third kappa shape index (κ3) is 10.7. The minimum atomic E-state index is -4.68. The highest BCUT2D eigenvalue weighted by Gasteiger charge is 2.41. The van der Waals surface area contributed by atoms with Crippen molar-refractivity contribution in [2.24, 2.45) is 0 Å². The number of alkyl carbamates (subject to hydrolysis) is 1. The van der Waals surface area contributed by atoms with E-state index in [1.807, 2.05) is 4.90 Å². The summed E-state index contributed by atoms with van der Waals surface area (Å²) in [5.41, 5.74) is -2.47. The van der Waals surface area contributed by atoms with Crippen LogP contribution in [0.2, 0.25) is 0 Å². The first-order chi connectivity index (χ1) is 22.9. The quantitative estimate of drug-likeness (QED) is 0.219. The van der Waals surface area contributed by atoms with Gasteiger partial charge in [0.15, 0.2) is 0 Å². The molecule has 0 radical (unpaired) electrons. The van der Waals surface area contributed by atoms with Crippen molar-refractivity contribution in [3.05, 3.63) is 40.4 Å². The molecule has 276 valence electrons. The average Bonchev–Trinajstić information content (AvgIpc) is 2.93. The van der Waals surface area contributed by atoms with Crippen LogP contribution in [0.4, 0.5) is 39.8 Å². The lowest BCUT2D eigenvalue weighted by Crippen LogP contribution is -2.53. The van der Waals surface area contributed by atoms with Crippen LogP contribution in [-0.2, 0) is 25.2 Å². The maximum atomic E-state index is 14.3. The number of alkyl halides is 3. The Morgan fingerprint density at radius 2 is 1.54 bits per heavy atom.